The molecule has 1 heterocycles. The Kier molecular flexibility index (Phi) is 7.65. The van der Waals surface area contributed by atoms with Gasteiger partial charge in [0.25, 0.3) is 0 Å². The van der Waals surface area contributed by atoms with Crippen LogP contribution < -0.4 is 17.2 Å². The molecule has 0 fully saturated rings. The second-order valence-electron chi connectivity index (χ2n) is 2.89. The Morgan fingerprint density at radius 3 is 1.41 bits per heavy atom. The van der Waals surface area contributed by atoms with Crippen LogP contribution in [0.3, 0.4) is 0 Å². The highest BCUT2D eigenvalue weighted by Crippen LogP contribution is 1.97. The van der Waals surface area contributed by atoms with Gasteiger partial charge in [0.05, 0.1) is 0 Å². The maximum Gasteiger partial charge on any atom is 0.226 e. The average molecular weight is 244 g/mol. The third-order valence-electron chi connectivity index (χ3n) is 1.49. The Hall–Kier alpha value is -1.67. The van der Waals surface area contributed by atoms with E-state index in [0.717, 1.165) is 13.2 Å². The first-order chi connectivity index (χ1) is 7.99. The number of rotatable bonds is 4. The summed E-state index contributed by atoms with van der Waals surface area (Å²) in [5, 5.41) is 0. The van der Waals surface area contributed by atoms with E-state index in [4.69, 9.17) is 26.7 Å². The summed E-state index contributed by atoms with van der Waals surface area (Å²) in [6.45, 7) is 7.25. The van der Waals surface area contributed by atoms with Crippen molar-refractivity contribution in [2.45, 2.75) is 27.1 Å². The minimum atomic E-state index is -0.0370. The van der Waals surface area contributed by atoms with Gasteiger partial charge in [0.2, 0.25) is 17.8 Å². The van der Waals surface area contributed by atoms with Gasteiger partial charge in [0.1, 0.15) is 0 Å². The highest BCUT2D eigenvalue weighted by molar-refractivity contribution is 5.33. The number of anilines is 3. The fourth-order valence-corrected chi connectivity index (χ4v) is 0.945. The summed E-state index contributed by atoms with van der Waals surface area (Å²) in [6.07, 6.45) is -0.0370. The average Bonchev–Trinajstić information content (AvgIpc) is 2.16. The summed E-state index contributed by atoms with van der Waals surface area (Å²) in [5.74, 6) is 0.125. The Balaban J connectivity index is 0.000000304. The molecule has 8 heteroatoms. The minimum absolute atomic E-state index is 0.0370. The molecule has 0 spiro atoms. The molecule has 17 heavy (non-hydrogen) atoms. The first-order valence-electron chi connectivity index (χ1n) is 5.25. The second kappa shape index (κ2) is 8.48. The Morgan fingerprint density at radius 2 is 1.18 bits per heavy atom. The summed E-state index contributed by atoms with van der Waals surface area (Å²) < 4.78 is 10.1. The number of aromatic nitrogens is 3. The molecule has 1 aromatic rings. The van der Waals surface area contributed by atoms with Gasteiger partial charge in [-0.2, -0.15) is 15.0 Å². The van der Waals surface area contributed by atoms with Crippen LogP contribution in [0.15, 0.2) is 0 Å². The lowest BCUT2D eigenvalue weighted by atomic mass is 10.7. The topological polar surface area (TPSA) is 135 Å². The van der Waals surface area contributed by atoms with E-state index in [-0.39, 0.29) is 24.1 Å². The molecule has 0 aliphatic heterocycles. The number of hydrogen-bond acceptors (Lipinski definition) is 8. The van der Waals surface area contributed by atoms with Crippen LogP contribution in [0, 0.1) is 0 Å². The number of nitrogens with two attached hydrogens (primary N) is 3. The van der Waals surface area contributed by atoms with Crippen molar-refractivity contribution in [3.8, 4) is 0 Å². The standard InChI is InChI=1S/C6H14O2.C3H6N6/c1-4-7-6(3)8-5-2;4-1-7-2(5)9-3(6)8-1/h6H,4-5H2,1-3H3;(H6,4,5,6,7,8,9). The van der Waals surface area contributed by atoms with Crippen LogP contribution in [0.2, 0.25) is 0 Å². The SMILES string of the molecule is CCOC(C)OCC.Nc1nc(N)nc(N)n1. The van der Waals surface area contributed by atoms with Crippen molar-refractivity contribution in [3.63, 3.8) is 0 Å². The van der Waals surface area contributed by atoms with Crippen LogP contribution in [0.4, 0.5) is 17.8 Å². The molecule has 0 aromatic carbocycles. The van der Waals surface area contributed by atoms with Gasteiger partial charge in [-0.25, -0.2) is 0 Å². The van der Waals surface area contributed by atoms with Crippen molar-refractivity contribution in [1.82, 2.24) is 15.0 Å². The minimum Gasteiger partial charge on any atom is -0.368 e. The normalized spacial score (nSPS) is 9.88. The van der Waals surface area contributed by atoms with E-state index in [0.29, 0.717) is 0 Å². The number of hydrogen-bond donors (Lipinski definition) is 3. The van der Waals surface area contributed by atoms with Gasteiger partial charge in [-0.15, -0.1) is 0 Å². The molecule has 0 saturated heterocycles. The molecule has 1 aromatic heterocycles. The zero-order valence-electron chi connectivity index (χ0n) is 10.4. The summed E-state index contributed by atoms with van der Waals surface area (Å²) >= 11 is 0. The second-order valence-corrected chi connectivity index (χ2v) is 2.89. The Bertz CT molecular complexity index is 266. The molecule has 8 nitrogen and oxygen atoms in total. The van der Waals surface area contributed by atoms with Crippen molar-refractivity contribution in [3.05, 3.63) is 0 Å². The first-order valence-corrected chi connectivity index (χ1v) is 5.25. The van der Waals surface area contributed by atoms with Crippen LogP contribution in [-0.2, 0) is 9.47 Å². The molecule has 0 saturated carbocycles. The van der Waals surface area contributed by atoms with Gasteiger partial charge >= 0.3 is 0 Å². The number of nitrogen functional groups attached to an aromatic ring is 3. The third-order valence-corrected chi connectivity index (χ3v) is 1.49. The van der Waals surface area contributed by atoms with Crippen molar-refractivity contribution < 1.29 is 9.47 Å². The predicted molar refractivity (Wildman–Crippen MR) is 65.8 cm³/mol. The number of nitrogens with zero attached hydrogens (tertiary/aromatic N) is 3. The molecule has 0 bridgehead atoms. The molecule has 0 amide bonds. The van der Waals surface area contributed by atoms with Crippen LogP contribution in [0.5, 0.6) is 0 Å². The summed E-state index contributed by atoms with van der Waals surface area (Å²) in [6, 6.07) is 0. The maximum absolute atomic E-state index is 5.14. The molecule has 0 aliphatic carbocycles. The quantitative estimate of drug-likeness (QED) is 0.631. The third kappa shape index (κ3) is 8.17. The Morgan fingerprint density at radius 1 is 0.882 bits per heavy atom. The van der Waals surface area contributed by atoms with E-state index >= 15 is 0 Å². The molecular formula is C9H20N6O2. The summed E-state index contributed by atoms with van der Waals surface area (Å²) in [7, 11) is 0. The first kappa shape index (κ1) is 15.3. The maximum atomic E-state index is 5.14. The van der Waals surface area contributed by atoms with Crippen molar-refractivity contribution in [2.75, 3.05) is 30.4 Å². The van der Waals surface area contributed by atoms with Crippen LogP contribution in [0.1, 0.15) is 20.8 Å². The van der Waals surface area contributed by atoms with Gasteiger partial charge in [0, 0.05) is 13.2 Å². The van der Waals surface area contributed by atoms with E-state index in [1.54, 1.807) is 0 Å². The molecule has 98 valence electrons. The molecule has 0 aliphatic rings. The molecule has 0 atom stereocenters. The summed E-state index contributed by atoms with van der Waals surface area (Å²) in [4.78, 5) is 10.5. The smallest absolute Gasteiger partial charge is 0.226 e. The van der Waals surface area contributed by atoms with Gasteiger partial charge in [-0.1, -0.05) is 0 Å². The lowest BCUT2D eigenvalue weighted by molar-refractivity contribution is -0.123. The van der Waals surface area contributed by atoms with Crippen LogP contribution in [-0.4, -0.2) is 34.5 Å². The lowest BCUT2D eigenvalue weighted by Crippen LogP contribution is -2.11. The van der Waals surface area contributed by atoms with E-state index in [2.05, 4.69) is 15.0 Å². The van der Waals surface area contributed by atoms with E-state index in [1.807, 2.05) is 20.8 Å². The molecule has 0 unspecified atom stereocenters. The lowest BCUT2D eigenvalue weighted by Gasteiger charge is -2.09. The Labute approximate surface area is 101 Å². The van der Waals surface area contributed by atoms with E-state index in [9.17, 15) is 0 Å². The van der Waals surface area contributed by atoms with E-state index in [1.165, 1.54) is 0 Å². The highest BCUT2D eigenvalue weighted by atomic mass is 16.7. The van der Waals surface area contributed by atoms with E-state index < -0.39 is 0 Å². The van der Waals surface area contributed by atoms with Gasteiger partial charge in [0.15, 0.2) is 6.29 Å². The summed E-state index contributed by atoms with van der Waals surface area (Å²) in [5.41, 5.74) is 15.4. The van der Waals surface area contributed by atoms with Gasteiger partial charge in [-0.3, -0.25) is 0 Å². The number of ether oxygens (including phenoxy) is 2. The zero-order valence-corrected chi connectivity index (χ0v) is 10.4. The van der Waals surface area contributed by atoms with Crippen molar-refractivity contribution >= 4 is 17.8 Å². The van der Waals surface area contributed by atoms with Crippen molar-refractivity contribution in [1.29, 1.82) is 0 Å². The fourth-order valence-electron chi connectivity index (χ4n) is 0.945. The van der Waals surface area contributed by atoms with Gasteiger partial charge in [-0.05, 0) is 20.8 Å². The monoisotopic (exact) mass is 244 g/mol. The van der Waals surface area contributed by atoms with Gasteiger partial charge < -0.3 is 26.7 Å². The largest absolute Gasteiger partial charge is 0.368 e. The highest BCUT2D eigenvalue weighted by Gasteiger charge is 1.95. The molecule has 0 radical (unpaired) electrons. The predicted octanol–water partition coefficient (Wildman–Crippen LogP) is 0.0236. The van der Waals surface area contributed by atoms with Crippen LogP contribution >= 0.6 is 0 Å². The molecular weight excluding hydrogens is 224 g/mol. The molecule has 1 rings (SSSR count). The fraction of sp³-hybridized carbons (Fsp3) is 0.667. The van der Waals surface area contributed by atoms with Crippen LogP contribution in [0.25, 0.3) is 0 Å². The van der Waals surface area contributed by atoms with Crippen molar-refractivity contribution in [2.24, 2.45) is 0 Å². The zero-order chi connectivity index (χ0) is 13.3. The molecule has 6 N–H and O–H groups in total.